The van der Waals surface area contributed by atoms with Crippen molar-refractivity contribution in [1.82, 2.24) is 15.1 Å². The number of aromatic nitrogens is 2. The Morgan fingerprint density at radius 1 is 1.29 bits per heavy atom. The van der Waals surface area contributed by atoms with Crippen LogP contribution in [0.25, 0.3) is 10.8 Å². The summed E-state index contributed by atoms with van der Waals surface area (Å²) in [5, 5.41) is 10.6. The number of carbonyl (C=O) groups excluding carboxylic acids is 1. The summed E-state index contributed by atoms with van der Waals surface area (Å²) >= 11 is 2.92. The minimum absolute atomic E-state index is 0.215. The van der Waals surface area contributed by atoms with Crippen LogP contribution < -0.4 is 0 Å². The summed E-state index contributed by atoms with van der Waals surface area (Å²) in [6.45, 7) is 0.908. The number of hydrogen-bond donors (Lipinski definition) is 0. The molecule has 0 unspecified atom stereocenters. The van der Waals surface area contributed by atoms with Gasteiger partial charge in [-0.05, 0) is 43.0 Å². The van der Waals surface area contributed by atoms with E-state index in [0.29, 0.717) is 22.9 Å². The molecule has 4 rings (SSSR count). The third kappa shape index (κ3) is 3.37. The van der Waals surface area contributed by atoms with E-state index in [1.165, 1.54) is 43.9 Å². The average Bonchev–Trinajstić information content (AvgIpc) is 3.30. The Balaban J connectivity index is 1.36. The molecule has 1 amide bonds. The van der Waals surface area contributed by atoms with Crippen LogP contribution in [-0.2, 0) is 4.79 Å². The Kier molecular flexibility index (Phi) is 4.89. The van der Waals surface area contributed by atoms with E-state index >= 15 is 0 Å². The highest BCUT2D eigenvalue weighted by Gasteiger charge is 2.35. The summed E-state index contributed by atoms with van der Waals surface area (Å²) < 4.78 is 5.65. The van der Waals surface area contributed by atoms with Crippen LogP contribution in [0.3, 0.4) is 0 Å². The van der Waals surface area contributed by atoms with Gasteiger partial charge in [-0.15, -0.1) is 21.5 Å². The number of likely N-dealkylation sites (tertiary alicyclic amines) is 1. The SMILES string of the molecule is O=C(CSc1nnc(-c2cccs2)o1)N1CCC[C@@H]2CCCC[C@H]21. The molecule has 1 aliphatic heterocycles. The molecule has 1 saturated carbocycles. The topological polar surface area (TPSA) is 59.2 Å². The Bertz CT molecular complexity index is 684. The fraction of sp³-hybridized carbons (Fsp3) is 0.588. The molecule has 2 aromatic heterocycles. The van der Waals surface area contributed by atoms with Crippen molar-refractivity contribution in [3.05, 3.63) is 17.5 Å². The van der Waals surface area contributed by atoms with E-state index in [1.807, 2.05) is 17.5 Å². The lowest BCUT2D eigenvalue weighted by Gasteiger charge is -2.44. The number of rotatable bonds is 4. The van der Waals surface area contributed by atoms with Crippen LogP contribution in [0.1, 0.15) is 38.5 Å². The molecule has 3 heterocycles. The van der Waals surface area contributed by atoms with Gasteiger partial charge in [0.1, 0.15) is 0 Å². The predicted molar refractivity (Wildman–Crippen MR) is 95.0 cm³/mol. The Morgan fingerprint density at radius 3 is 3.04 bits per heavy atom. The molecule has 1 aliphatic carbocycles. The second-order valence-electron chi connectivity index (χ2n) is 6.48. The van der Waals surface area contributed by atoms with Gasteiger partial charge in [0.05, 0.1) is 10.6 Å². The minimum Gasteiger partial charge on any atom is -0.410 e. The predicted octanol–water partition coefficient (Wildman–Crippen LogP) is 4.07. The zero-order valence-corrected chi connectivity index (χ0v) is 15.2. The first kappa shape index (κ1) is 16.1. The van der Waals surface area contributed by atoms with Crippen molar-refractivity contribution in [1.29, 1.82) is 0 Å². The summed E-state index contributed by atoms with van der Waals surface area (Å²) in [6, 6.07) is 4.37. The third-order valence-electron chi connectivity index (χ3n) is 5.02. The molecule has 0 bridgehead atoms. The van der Waals surface area contributed by atoms with Crippen molar-refractivity contribution in [3.63, 3.8) is 0 Å². The lowest BCUT2D eigenvalue weighted by Crippen LogP contribution is -2.50. The van der Waals surface area contributed by atoms with Crippen LogP contribution in [0.2, 0.25) is 0 Å². The van der Waals surface area contributed by atoms with Crippen LogP contribution in [0.15, 0.2) is 27.2 Å². The molecule has 2 fully saturated rings. The van der Waals surface area contributed by atoms with E-state index in [0.717, 1.165) is 23.8 Å². The second kappa shape index (κ2) is 7.27. The third-order valence-corrected chi connectivity index (χ3v) is 6.68. The average molecular weight is 364 g/mol. The van der Waals surface area contributed by atoms with Crippen LogP contribution in [-0.4, -0.2) is 39.3 Å². The molecule has 5 nitrogen and oxygen atoms in total. The molecule has 2 aromatic rings. The Labute approximate surface area is 149 Å². The van der Waals surface area contributed by atoms with E-state index in [2.05, 4.69) is 15.1 Å². The molecule has 1 saturated heterocycles. The van der Waals surface area contributed by atoms with E-state index in [4.69, 9.17) is 4.42 Å². The van der Waals surface area contributed by atoms with Gasteiger partial charge in [-0.25, -0.2) is 0 Å². The summed E-state index contributed by atoms with van der Waals surface area (Å²) in [4.78, 5) is 15.8. The van der Waals surface area contributed by atoms with Crippen molar-refractivity contribution in [3.8, 4) is 10.8 Å². The molecule has 0 N–H and O–H groups in total. The standard InChI is InChI=1S/C17H21N3O2S2/c21-15(20-9-3-6-12-5-1-2-7-13(12)20)11-24-17-19-18-16(22-17)14-8-4-10-23-14/h4,8,10,12-13H,1-3,5-7,9,11H2/t12-,13+/m0/s1. The van der Waals surface area contributed by atoms with Gasteiger partial charge >= 0.3 is 0 Å². The van der Waals surface area contributed by atoms with Gasteiger partial charge in [-0.2, -0.15) is 0 Å². The molecule has 24 heavy (non-hydrogen) atoms. The molecule has 128 valence electrons. The zero-order chi connectivity index (χ0) is 16.4. The number of thiophene rings is 1. The molecule has 2 aliphatic rings. The normalized spacial score (nSPS) is 23.9. The van der Waals surface area contributed by atoms with Crippen molar-refractivity contribution in [2.24, 2.45) is 5.92 Å². The summed E-state index contributed by atoms with van der Waals surface area (Å²) in [5.41, 5.74) is 0. The summed E-state index contributed by atoms with van der Waals surface area (Å²) in [5.74, 6) is 1.85. The fourth-order valence-electron chi connectivity index (χ4n) is 3.91. The fourth-order valence-corrected chi connectivity index (χ4v) is 5.20. The number of carbonyl (C=O) groups is 1. The van der Waals surface area contributed by atoms with Crippen LogP contribution in [0, 0.1) is 5.92 Å². The number of piperidine rings is 1. The van der Waals surface area contributed by atoms with Crippen molar-refractivity contribution in [2.75, 3.05) is 12.3 Å². The Morgan fingerprint density at radius 2 is 2.17 bits per heavy atom. The zero-order valence-electron chi connectivity index (χ0n) is 13.5. The van der Waals surface area contributed by atoms with Gasteiger partial charge in [-0.1, -0.05) is 30.7 Å². The maximum atomic E-state index is 12.7. The number of nitrogens with zero attached hydrogens (tertiary/aromatic N) is 3. The van der Waals surface area contributed by atoms with Crippen LogP contribution in [0.5, 0.6) is 0 Å². The van der Waals surface area contributed by atoms with Gasteiger partial charge in [0.2, 0.25) is 5.91 Å². The smallest absolute Gasteiger partial charge is 0.277 e. The number of thioether (sulfide) groups is 1. The van der Waals surface area contributed by atoms with Crippen molar-refractivity contribution < 1.29 is 9.21 Å². The highest BCUT2D eigenvalue weighted by Crippen LogP contribution is 2.36. The van der Waals surface area contributed by atoms with Gasteiger partial charge < -0.3 is 9.32 Å². The first-order valence-corrected chi connectivity index (χ1v) is 10.5. The lowest BCUT2D eigenvalue weighted by molar-refractivity contribution is -0.134. The monoisotopic (exact) mass is 363 g/mol. The number of hydrogen-bond acceptors (Lipinski definition) is 6. The highest BCUT2D eigenvalue weighted by atomic mass is 32.2. The largest absolute Gasteiger partial charge is 0.410 e. The summed E-state index contributed by atoms with van der Waals surface area (Å²) in [6.07, 6.45) is 7.47. The molecule has 2 atom stereocenters. The number of fused-ring (bicyclic) bond motifs is 1. The first-order chi connectivity index (χ1) is 11.8. The number of amides is 1. The van der Waals surface area contributed by atoms with E-state index in [1.54, 1.807) is 11.3 Å². The van der Waals surface area contributed by atoms with Gasteiger partial charge in [0.15, 0.2) is 0 Å². The molecular weight excluding hydrogens is 342 g/mol. The molecule has 0 radical (unpaired) electrons. The van der Waals surface area contributed by atoms with Gasteiger partial charge in [-0.3, -0.25) is 4.79 Å². The first-order valence-electron chi connectivity index (χ1n) is 8.61. The van der Waals surface area contributed by atoms with E-state index < -0.39 is 0 Å². The maximum absolute atomic E-state index is 12.7. The van der Waals surface area contributed by atoms with Crippen molar-refractivity contribution in [2.45, 2.75) is 49.8 Å². The minimum atomic E-state index is 0.215. The lowest BCUT2D eigenvalue weighted by atomic mass is 9.78. The van der Waals surface area contributed by atoms with E-state index in [-0.39, 0.29) is 5.91 Å². The molecule has 0 aromatic carbocycles. The highest BCUT2D eigenvalue weighted by molar-refractivity contribution is 7.99. The maximum Gasteiger partial charge on any atom is 0.277 e. The van der Waals surface area contributed by atoms with Gasteiger partial charge in [0, 0.05) is 12.6 Å². The van der Waals surface area contributed by atoms with Gasteiger partial charge in [0.25, 0.3) is 11.1 Å². The quantitative estimate of drug-likeness (QED) is 0.766. The van der Waals surface area contributed by atoms with Crippen molar-refractivity contribution >= 4 is 29.0 Å². The van der Waals surface area contributed by atoms with E-state index in [9.17, 15) is 4.79 Å². The van der Waals surface area contributed by atoms with Crippen LogP contribution in [0.4, 0.5) is 0 Å². The molecule has 0 spiro atoms. The Hall–Kier alpha value is -1.34. The second-order valence-corrected chi connectivity index (χ2v) is 8.35. The molecule has 7 heteroatoms. The summed E-state index contributed by atoms with van der Waals surface area (Å²) in [7, 11) is 0. The van der Waals surface area contributed by atoms with Crippen LogP contribution >= 0.6 is 23.1 Å². The molecular formula is C17H21N3O2S2.